The molecule has 0 bridgehead atoms. The summed E-state index contributed by atoms with van der Waals surface area (Å²) >= 11 is 8.76. The molecule has 1 heterocycles. The monoisotopic (exact) mass is 394 g/mol. The van der Waals surface area contributed by atoms with Gasteiger partial charge >= 0.3 is 5.97 Å². The second-order valence-corrected chi connectivity index (χ2v) is 6.64. The number of benzene rings is 1. The van der Waals surface area contributed by atoms with Crippen LogP contribution in [0.1, 0.15) is 10.4 Å². The van der Waals surface area contributed by atoms with E-state index in [1.54, 1.807) is 0 Å². The molecule has 112 valence electrons. The van der Waals surface area contributed by atoms with E-state index in [1.165, 1.54) is 25.2 Å². The summed E-state index contributed by atoms with van der Waals surface area (Å²) in [4.78, 5) is 11.2. The van der Waals surface area contributed by atoms with Crippen LogP contribution in [-0.4, -0.2) is 34.5 Å². The fraction of sp³-hybridized carbons (Fsp3) is 0.100. The van der Waals surface area contributed by atoms with Gasteiger partial charge in [0.25, 0.3) is 10.0 Å². The molecular weight excluding hydrogens is 388 g/mol. The second kappa shape index (κ2) is 5.62. The summed E-state index contributed by atoms with van der Waals surface area (Å²) in [6, 6.07) is 4.08. The summed E-state index contributed by atoms with van der Waals surface area (Å²) in [5, 5.41) is 15.9. The van der Waals surface area contributed by atoms with Crippen LogP contribution in [0.5, 0.6) is 0 Å². The molecule has 2 N–H and O–H groups in total. The fourth-order valence-electron chi connectivity index (χ4n) is 1.63. The standard InChI is InChI=1S/C10H8BrClN4O4S/c1-16-9(8(11)13-15-16)21(19,20)14-6-4-2-3-5(12)7(6)10(17)18/h2-4,14H,1H3,(H,17,18). The highest BCUT2D eigenvalue weighted by Crippen LogP contribution is 2.27. The van der Waals surface area contributed by atoms with Gasteiger partial charge in [-0.3, -0.25) is 4.72 Å². The lowest BCUT2D eigenvalue weighted by Gasteiger charge is -2.11. The molecule has 0 aliphatic rings. The number of hydrogen-bond acceptors (Lipinski definition) is 5. The van der Waals surface area contributed by atoms with Crippen LogP contribution in [0.3, 0.4) is 0 Å². The molecule has 1 aromatic carbocycles. The van der Waals surface area contributed by atoms with Crippen molar-refractivity contribution in [1.82, 2.24) is 15.0 Å². The number of nitrogens with one attached hydrogen (secondary N) is 1. The topological polar surface area (TPSA) is 114 Å². The van der Waals surface area contributed by atoms with Crippen molar-refractivity contribution in [3.05, 3.63) is 33.4 Å². The van der Waals surface area contributed by atoms with Gasteiger partial charge in [0.2, 0.25) is 5.03 Å². The van der Waals surface area contributed by atoms with Crippen molar-refractivity contribution in [2.75, 3.05) is 4.72 Å². The predicted octanol–water partition coefficient (Wildman–Crippen LogP) is 1.73. The van der Waals surface area contributed by atoms with Crippen molar-refractivity contribution in [2.45, 2.75) is 5.03 Å². The van der Waals surface area contributed by atoms with Crippen molar-refractivity contribution in [2.24, 2.45) is 7.05 Å². The molecule has 2 rings (SSSR count). The Morgan fingerprint density at radius 2 is 2.14 bits per heavy atom. The second-order valence-electron chi connectivity index (χ2n) is 3.88. The van der Waals surface area contributed by atoms with E-state index in [1.807, 2.05) is 0 Å². The Labute approximate surface area is 132 Å². The van der Waals surface area contributed by atoms with Crippen molar-refractivity contribution in [1.29, 1.82) is 0 Å². The first-order chi connectivity index (χ1) is 9.74. The fourth-order valence-corrected chi connectivity index (χ4v) is 4.05. The molecule has 0 aliphatic heterocycles. The van der Waals surface area contributed by atoms with E-state index < -0.39 is 16.0 Å². The first-order valence-electron chi connectivity index (χ1n) is 5.34. The number of nitrogens with zero attached hydrogens (tertiary/aromatic N) is 3. The minimum Gasteiger partial charge on any atom is -0.478 e. The number of hydrogen-bond donors (Lipinski definition) is 2. The molecule has 21 heavy (non-hydrogen) atoms. The van der Waals surface area contributed by atoms with E-state index in [4.69, 9.17) is 16.7 Å². The Bertz CT molecular complexity index is 801. The lowest BCUT2D eigenvalue weighted by molar-refractivity contribution is 0.0698. The third-order valence-electron chi connectivity index (χ3n) is 2.46. The van der Waals surface area contributed by atoms with E-state index in [9.17, 15) is 13.2 Å². The number of halogens is 2. The number of carboxylic acids is 1. The summed E-state index contributed by atoms with van der Waals surface area (Å²) in [7, 11) is -2.69. The van der Waals surface area contributed by atoms with Crippen molar-refractivity contribution in [3.63, 3.8) is 0 Å². The number of aromatic nitrogens is 3. The highest BCUT2D eigenvalue weighted by molar-refractivity contribution is 9.10. The summed E-state index contributed by atoms with van der Waals surface area (Å²) in [5.41, 5.74) is -0.489. The molecule has 8 nitrogen and oxygen atoms in total. The number of anilines is 1. The maximum atomic E-state index is 12.3. The van der Waals surface area contributed by atoms with Gasteiger partial charge in [-0.2, -0.15) is 8.42 Å². The predicted molar refractivity (Wildman–Crippen MR) is 77.9 cm³/mol. The smallest absolute Gasteiger partial charge is 0.339 e. The van der Waals surface area contributed by atoms with Crippen LogP contribution in [0.4, 0.5) is 5.69 Å². The average molecular weight is 396 g/mol. The number of rotatable bonds is 4. The summed E-state index contributed by atoms with van der Waals surface area (Å²) in [6.45, 7) is 0. The third-order valence-corrected chi connectivity index (χ3v) is 5.03. The highest BCUT2D eigenvalue weighted by Gasteiger charge is 2.26. The number of aromatic carboxylic acids is 1. The normalized spacial score (nSPS) is 11.4. The van der Waals surface area contributed by atoms with Gasteiger partial charge in [0.15, 0.2) is 4.60 Å². The zero-order chi connectivity index (χ0) is 15.8. The zero-order valence-corrected chi connectivity index (χ0v) is 13.6. The van der Waals surface area contributed by atoms with Gasteiger partial charge in [-0.05, 0) is 28.1 Å². The lowest BCUT2D eigenvalue weighted by Crippen LogP contribution is -2.19. The summed E-state index contributed by atoms with van der Waals surface area (Å²) < 4.78 is 27.8. The van der Waals surface area contributed by atoms with Crippen LogP contribution in [0, 0.1) is 0 Å². The van der Waals surface area contributed by atoms with Gasteiger partial charge in [0.05, 0.1) is 10.7 Å². The molecule has 2 aromatic rings. The van der Waals surface area contributed by atoms with Crippen LogP contribution in [-0.2, 0) is 17.1 Å². The molecule has 0 aliphatic carbocycles. The SMILES string of the molecule is Cn1nnc(Br)c1S(=O)(=O)Nc1cccc(Cl)c1C(=O)O. The molecule has 1 aromatic heterocycles. The van der Waals surface area contributed by atoms with Gasteiger partial charge in [0, 0.05) is 7.05 Å². The first kappa shape index (κ1) is 15.7. The third kappa shape index (κ3) is 3.01. The maximum absolute atomic E-state index is 12.3. The van der Waals surface area contributed by atoms with Gasteiger partial charge in [-0.15, -0.1) is 5.10 Å². The summed E-state index contributed by atoms with van der Waals surface area (Å²) in [5.74, 6) is -1.35. The van der Waals surface area contributed by atoms with E-state index in [0.717, 1.165) is 4.68 Å². The Balaban J connectivity index is 2.53. The molecule has 0 saturated heterocycles. The average Bonchev–Trinajstić information content (AvgIpc) is 2.68. The first-order valence-corrected chi connectivity index (χ1v) is 7.99. The quantitative estimate of drug-likeness (QED) is 0.815. The van der Waals surface area contributed by atoms with Gasteiger partial charge in [-0.25, -0.2) is 9.48 Å². The van der Waals surface area contributed by atoms with E-state index >= 15 is 0 Å². The van der Waals surface area contributed by atoms with Crippen LogP contribution in [0.15, 0.2) is 27.8 Å². The minimum absolute atomic E-state index is 0.0106. The molecular formula is C10H8BrClN4O4S. The van der Waals surface area contributed by atoms with Crippen molar-refractivity contribution >= 4 is 49.2 Å². The Kier molecular flexibility index (Phi) is 4.21. The number of aryl methyl sites for hydroxylation is 1. The van der Waals surface area contributed by atoms with Gasteiger partial charge < -0.3 is 5.11 Å². The minimum atomic E-state index is -4.09. The summed E-state index contributed by atoms with van der Waals surface area (Å²) in [6.07, 6.45) is 0. The molecule has 0 saturated carbocycles. The Hall–Kier alpha value is -1.65. The van der Waals surface area contributed by atoms with E-state index in [2.05, 4.69) is 31.0 Å². The van der Waals surface area contributed by atoms with Crippen LogP contribution in [0.25, 0.3) is 0 Å². The van der Waals surface area contributed by atoms with Crippen molar-refractivity contribution in [3.8, 4) is 0 Å². The number of carbonyl (C=O) groups is 1. The van der Waals surface area contributed by atoms with Crippen LogP contribution >= 0.6 is 27.5 Å². The number of carboxylic acid groups (broad SMARTS) is 1. The zero-order valence-electron chi connectivity index (χ0n) is 10.4. The molecule has 0 spiro atoms. The molecule has 0 radical (unpaired) electrons. The van der Waals surface area contributed by atoms with Crippen LogP contribution < -0.4 is 4.72 Å². The van der Waals surface area contributed by atoms with Gasteiger partial charge in [0.1, 0.15) is 5.56 Å². The molecule has 0 amide bonds. The largest absolute Gasteiger partial charge is 0.478 e. The molecule has 0 fully saturated rings. The number of sulfonamides is 1. The molecule has 11 heteroatoms. The Morgan fingerprint density at radius 3 is 2.67 bits per heavy atom. The lowest BCUT2D eigenvalue weighted by atomic mass is 10.2. The molecule has 0 atom stereocenters. The van der Waals surface area contributed by atoms with E-state index in [-0.39, 0.29) is 25.9 Å². The van der Waals surface area contributed by atoms with Gasteiger partial charge in [-0.1, -0.05) is 22.9 Å². The van der Waals surface area contributed by atoms with E-state index in [0.29, 0.717) is 0 Å². The van der Waals surface area contributed by atoms with Crippen molar-refractivity contribution < 1.29 is 18.3 Å². The molecule has 0 unspecified atom stereocenters. The maximum Gasteiger partial charge on any atom is 0.339 e. The Morgan fingerprint density at radius 1 is 1.48 bits per heavy atom. The van der Waals surface area contributed by atoms with Crippen LogP contribution in [0.2, 0.25) is 5.02 Å². The highest BCUT2D eigenvalue weighted by atomic mass is 79.9.